The first-order valence-electron chi connectivity index (χ1n) is 6.40. The second-order valence-corrected chi connectivity index (χ2v) is 4.02. The molecule has 0 heterocycles. The molecule has 1 aromatic rings. The number of non-ortho nitro benzene ring substituents is 1. The average Bonchev–Trinajstić information content (AvgIpc) is 2.46. The van der Waals surface area contributed by atoms with E-state index in [2.05, 4.69) is 5.16 Å². The third-order valence-electron chi connectivity index (χ3n) is 2.38. The number of hydrogen-bond donors (Lipinski definition) is 1. The highest BCUT2D eigenvalue weighted by Crippen LogP contribution is 2.13. The van der Waals surface area contributed by atoms with Gasteiger partial charge in [-0.05, 0) is 18.6 Å². The molecular weight excluding hydrogens is 262 g/mol. The molecule has 0 aliphatic heterocycles. The van der Waals surface area contributed by atoms with Gasteiger partial charge >= 0.3 is 0 Å². The summed E-state index contributed by atoms with van der Waals surface area (Å²) < 4.78 is 5.43. The summed E-state index contributed by atoms with van der Waals surface area (Å²) in [5.41, 5.74) is 6.67. The Bertz CT molecular complexity index is 445. The number of benzene rings is 1. The van der Waals surface area contributed by atoms with Gasteiger partial charge in [-0.25, -0.2) is 0 Å². The predicted molar refractivity (Wildman–Crippen MR) is 75.7 cm³/mol. The van der Waals surface area contributed by atoms with E-state index in [9.17, 15) is 10.1 Å². The van der Waals surface area contributed by atoms with E-state index in [-0.39, 0.29) is 12.3 Å². The molecule has 0 aromatic heterocycles. The molecule has 0 amide bonds. The van der Waals surface area contributed by atoms with Gasteiger partial charge in [-0.1, -0.05) is 12.1 Å². The van der Waals surface area contributed by atoms with Crippen molar-refractivity contribution in [3.05, 3.63) is 39.9 Å². The van der Waals surface area contributed by atoms with E-state index < -0.39 is 4.92 Å². The molecule has 0 spiro atoms. The van der Waals surface area contributed by atoms with Crippen LogP contribution in [0.5, 0.6) is 0 Å². The van der Waals surface area contributed by atoms with Crippen molar-refractivity contribution >= 4 is 11.4 Å². The molecule has 0 saturated heterocycles. The number of ether oxygens (including phenoxy) is 1. The van der Waals surface area contributed by atoms with Crippen LogP contribution in [-0.2, 0) is 9.57 Å². The van der Waals surface area contributed by atoms with Crippen molar-refractivity contribution in [3.63, 3.8) is 0 Å². The van der Waals surface area contributed by atoms with Crippen LogP contribution in [-0.4, -0.2) is 37.0 Å². The molecule has 110 valence electrons. The Hall–Kier alpha value is -1.99. The summed E-state index contributed by atoms with van der Waals surface area (Å²) in [6.45, 7) is 3.59. The summed E-state index contributed by atoms with van der Waals surface area (Å²) in [6.07, 6.45) is 0.900. The number of nitrogens with two attached hydrogens (primary N) is 1. The topological polar surface area (TPSA) is 100.0 Å². The Morgan fingerprint density at radius 1 is 1.35 bits per heavy atom. The van der Waals surface area contributed by atoms with Gasteiger partial charge in [-0.15, -0.1) is 0 Å². The van der Waals surface area contributed by atoms with Gasteiger partial charge in [0.05, 0.1) is 11.5 Å². The van der Waals surface area contributed by atoms with Crippen LogP contribution in [0.25, 0.3) is 0 Å². The maximum atomic E-state index is 10.6. The second-order valence-electron chi connectivity index (χ2n) is 4.02. The molecule has 0 radical (unpaired) electrons. The maximum Gasteiger partial charge on any atom is 0.269 e. The van der Waals surface area contributed by atoms with Gasteiger partial charge in [0, 0.05) is 30.8 Å². The Morgan fingerprint density at radius 3 is 2.60 bits per heavy atom. The zero-order valence-corrected chi connectivity index (χ0v) is 11.4. The molecule has 0 bridgehead atoms. The summed E-state index contributed by atoms with van der Waals surface area (Å²) >= 11 is 0. The molecule has 7 nitrogen and oxygen atoms in total. The Kier molecular flexibility index (Phi) is 7.23. The molecular formula is C13H19N3O4. The fraction of sp³-hybridized carbons (Fsp3) is 0.462. The smallest absolute Gasteiger partial charge is 0.269 e. The molecule has 1 rings (SSSR count). The van der Waals surface area contributed by atoms with Crippen LogP contribution in [0, 0.1) is 10.1 Å². The van der Waals surface area contributed by atoms with Crippen LogP contribution in [0.1, 0.15) is 18.9 Å². The van der Waals surface area contributed by atoms with Gasteiger partial charge in [0.25, 0.3) is 5.69 Å². The van der Waals surface area contributed by atoms with Crippen molar-refractivity contribution in [2.24, 2.45) is 10.9 Å². The lowest BCUT2D eigenvalue weighted by Crippen LogP contribution is -2.13. The molecule has 2 N–H and O–H groups in total. The molecule has 20 heavy (non-hydrogen) atoms. The van der Waals surface area contributed by atoms with E-state index >= 15 is 0 Å². The van der Waals surface area contributed by atoms with Crippen molar-refractivity contribution in [1.29, 1.82) is 0 Å². The van der Waals surface area contributed by atoms with Crippen LogP contribution >= 0.6 is 0 Å². The third kappa shape index (κ3) is 5.33. The van der Waals surface area contributed by atoms with Crippen molar-refractivity contribution < 1.29 is 14.5 Å². The predicted octanol–water partition coefficient (Wildman–Crippen LogP) is 1.70. The van der Waals surface area contributed by atoms with Crippen molar-refractivity contribution in [3.8, 4) is 0 Å². The van der Waals surface area contributed by atoms with E-state index in [1.54, 1.807) is 12.1 Å². The Morgan fingerprint density at radius 2 is 2.05 bits per heavy atom. The Balaban J connectivity index is 2.79. The lowest BCUT2D eigenvalue weighted by atomic mass is 10.1. The molecule has 0 fully saturated rings. The minimum Gasteiger partial charge on any atom is -0.394 e. The normalized spacial score (nSPS) is 11.4. The highest BCUT2D eigenvalue weighted by Gasteiger charge is 2.09. The average molecular weight is 281 g/mol. The van der Waals surface area contributed by atoms with Gasteiger partial charge in [-0.3, -0.25) is 10.1 Å². The minimum absolute atomic E-state index is 0.0328. The second kappa shape index (κ2) is 9.00. The highest BCUT2D eigenvalue weighted by atomic mass is 16.6. The van der Waals surface area contributed by atoms with Gasteiger partial charge in [0.2, 0.25) is 0 Å². The van der Waals surface area contributed by atoms with Crippen LogP contribution in [0.2, 0.25) is 0 Å². The zero-order chi connectivity index (χ0) is 14.8. The summed E-state index contributed by atoms with van der Waals surface area (Å²) in [5, 5.41) is 14.6. The van der Waals surface area contributed by atoms with Gasteiger partial charge in [0.1, 0.15) is 12.3 Å². The van der Waals surface area contributed by atoms with Gasteiger partial charge in [0.15, 0.2) is 0 Å². The monoisotopic (exact) mass is 281 g/mol. The molecule has 0 saturated carbocycles. The molecule has 0 unspecified atom stereocenters. The lowest BCUT2D eigenvalue weighted by molar-refractivity contribution is -0.384. The fourth-order valence-corrected chi connectivity index (χ4v) is 1.43. The fourth-order valence-electron chi connectivity index (χ4n) is 1.43. The highest BCUT2D eigenvalue weighted by molar-refractivity contribution is 6.01. The SMILES string of the molecule is CCCOCC(=NOCCN)c1ccc([N+](=O)[O-])cc1. The maximum absolute atomic E-state index is 10.6. The standard InChI is InChI=1S/C13H19N3O4/c1-2-8-19-10-13(15-20-9-7-14)11-3-5-12(6-4-11)16(17)18/h3-6H,2,7-10,14H2,1H3. The van der Waals surface area contributed by atoms with E-state index in [0.717, 1.165) is 12.0 Å². The number of hydrogen-bond acceptors (Lipinski definition) is 6. The molecule has 7 heteroatoms. The molecule has 1 aromatic carbocycles. The lowest BCUT2D eigenvalue weighted by Gasteiger charge is -2.07. The number of nitrogens with zero attached hydrogens (tertiary/aromatic N) is 2. The first-order valence-corrected chi connectivity index (χ1v) is 6.40. The Labute approximate surface area is 117 Å². The number of rotatable bonds is 9. The zero-order valence-electron chi connectivity index (χ0n) is 11.4. The first-order chi connectivity index (χ1) is 9.69. The number of nitro groups is 1. The summed E-state index contributed by atoms with van der Waals surface area (Å²) in [4.78, 5) is 15.2. The summed E-state index contributed by atoms with van der Waals surface area (Å²) in [6, 6.07) is 6.09. The van der Waals surface area contributed by atoms with Crippen molar-refractivity contribution in [2.75, 3.05) is 26.4 Å². The van der Waals surface area contributed by atoms with E-state index in [1.165, 1.54) is 12.1 Å². The summed E-state index contributed by atoms with van der Waals surface area (Å²) in [7, 11) is 0. The largest absolute Gasteiger partial charge is 0.394 e. The van der Waals surface area contributed by atoms with E-state index in [0.29, 0.717) is 25.5 Å². The van der Waals surface area contributed by atoms with Crippen molar-refractivity contribution in [1.82, 2.24) is 0 Å². The third-order valence-corrected chi connectivity index (χ3v) is 2.38. The van der Waals surface area contributed by atoms with Crippen LogP contribution in [0.15, 0.2) is 29.4 Å². The first kappa shape index (κ1) is 16.1. The quantitative estimate of drug-likeness (QED) is 0.321. The minimum atomic E-state index is -0.445. The van der Waals surface area contributed by atoms with Crippen LogP contribution < -0.4 is 5.73 Å². The molecule has 0 aliphatic rings. The van der Waals surface area contributed by atoms with Crippen LogP contribution in [0.3, 0.4) is 0 Å². The van der Waals surface area contributed by atoms with E-state index in [4.69, 9.17) is 15.3 Å². The molecule has 0 aliphatic carbocycles. The van der Waals surface area contributed by atoms with Gasteiger partial charge in [-0.2, -0.15) is 0 Å². The number of nitro benzene ring substituents is 1. The molecule has 0 atom stereocenters. The number of oxime groups is 1. The van der Waals surface area contributed by atoms with Crippen molar-refractivity contribution in [2.45, 2.75) is 13.3 Å². The van der Waals surface area contributed by atoms with E-state index in [1.807, 2.05) is 6.92 Å². The van der Waals surface area contributed by atoms with Crippen LogP contribution in [0.4, 0.5) is 5.69 Å². The van der Waals surface area contributed by atoms with Gasteiger partial charge < -0.3 is 15.3 Å². The summed E-state index contributed by atoms with van der Waals surface area (Å²) in [5.74, 6) is 0.